The molecule has 0 radical (unpaired) electrons. The zero-order chi connectivity index (χ0) is 12.1. The van der Waals surface area contributed by atoms with Crippen LogP contribution in [-0.2, 0) is 9.53 Å². The lowest BCUT2D eigenvalue weighted by atomic mass is 9.83. The van der Waals surface area contributed by atoms with Gasteiger partial charge in [-0.1, -0.05) is 19.3 Å². The quantitative estimate of drug-likeness (QED) is 0.780. The number of nitrogens with one attached hydrogen (secondary N) is 1. The van der Waals surface area contributed by atoms with Crippen LogP contribution in [0.2, 0.25) is 0 Å². The van der Waals surface area contributed by atoms with Crippen molar-refractivity contribution in [1.82, 2.24) is 10.2 Å². The monoisotopic (exact) mass is 240 g/mol. The first kappa shape index (κ1) is 12.8. The van der Waals surface area contributed by atoms with Gasteiger partial charge < -0.3 is 15.0 Å². The Kier molecular flexibility index (Phi) is 4.80. The highest BCUT2D eigenvalue weighted by atomic mass is 16.5. The van der Waals surface area contributed by atoms with Crippen molar-refractivity contribution in [1.29, 1.82) is 0 Å². The third kappa shape index (κ3) is 3.96. The molecule has 1 saturated heterocycles. The predicted octanol–water partition coefficient (Wildman–Crippen LogP) is 1.01. The van der Waals surface area contributed by atoms with Gasteiger partial charge in [0.15, 0.2) is 0 Å². The third-order valence-electron chi connectivity index (χ3n) is 3.93. The van der Waals surface area contributed by atoms with Crippen LogP contribution in [0.1, 0.15) is 32.1 Å². The number of hydrogen-bond donors (Lipinski definition) is 1. The summed E-state index contributed by atoms with van der Waals surface area (Å²) in [6.45, 7) is 3.35. The van der Waals surface area contributed by atoms with Gasteiger partial charge in [0.25, 0.3) is 0 Å². The molecule has 17 heavy (non-hydrogen) atoms. The zero-order valence-corrected chi connectivity index (χ0v) is 10.8. The molecule has 4 nitrogen and oxygen atoms in total. The summed E-state index contributed by atoms with van der Waals surface area (Å²) < 4.78 is 5.55. The molecule has 1 unspecified atom stereocenters. The fourth-order valence-corrected chi connectivity index (χ4v) is 2.38. The molecule has 1 atom stereocenters. The van der Waals surface area contributed by atoms with Gasteiger partial charge in [0.1, 0.15) is 0 Å². The second-order valence-corrected chi connectivity index (χ2v) is 5.30. The molecule has 1 aliphatic heterocycles. The number of carbonyl (C=O) groups excluding carboxylic acids is 1. The first-order chi connectivity index (χ1) is 8.25. The van der Waals surface area contributed by atoms with Crippen molar-refractivity contribution >= 4 is 5.91 Å². The summed E-state index contributed by atoms with van der Waals surface area (Å²) in [5, 5.41) is 3.25. The summed E-state index contributed by atoms with van der Waals surface area (Å²) in [6, 6.07) is 0. The van der Waals surface area contributed by atoms with Crippen molar-refractivity contribution in [2.24, 2.45) is 5.92 Å². The molecule has 0 aromatic rings. The van der Waals surface area contributed by atoms with E-state index in [9.17, 15) is 4.79 Å². The number of amides is 1. The molecule has 1 amide bonds. The molecule has 1 heterocycles. The zero-order valence-electron chi connectivity index (χ0n) is 10.8. The van der Waals surface area contributed by atoms with Gasteiger partial charge in [-0.3, -0.25) is 4.79 Å². The maximum Gasteiger partial charge on any atom is 0.224 e. The molecular formula is C13H24N2O2. The Labute approximate surface area is 104 Å². The van der Waals surface area contributed by atoms with E-state index in [1.165, 1.54) is 25.7 Å². The van der Waals surface area contributed by atoms with Crippen LogP contribution in [0.15, 0.2) is 0 Å². The molecule has 0 spiro atoms. The maximum atomic E-state index is 11.9. The van der Waals surface area contributed by atoms with E-state index < -0.39 is 0 Å². The summed E-state index contributed by atoms with van der Waals surface area (Å²) in [5.41, 5.74) is 0. The largest absolute Gasteiger partial charge is 0.375 e. The Hall–Kier alpha value is -0.610. The lowest BCUT2D eigenvalue weighted by Gasteiger charge is -2.29. The topological polar surface area (TPSA) is 41.6 Å². The predicted molar refractivity (Wildman–Crippen MR) is 66.8 cm³/mol. The summed E-state index contributed by atoms with van der Waals surface area (Å²) in [4.78, 5) is 13.8. The SMILES string of the molecule is CN(CCC1CCC1)C(=O)CC1CNCCO1. The second-order valence-electron chi connectivity index (χ2n) is 5.30. The minimum atomic E-state index is 0.0717. The van der Waals surface area contributed by atoms with Crippen LogP contribution < -0.4 is 5.32 Å². The number of carbonyl (C=O) groups is 1. The summed E-state index contributed by atoms with van der Waals surface area (Å²) in [6.07, 6.45) is 5.86. The standard InChI is InChI=1S/C13H24N2O2/c1-15(7-5-11-3-2-4-11)13(16)9-12-10-14-6-8-17-12/h11-12,14H,2-10H2,1H3. The van der Waals surface area contributed by atoms with Crippen molar-refractivity contribution in [2.75, 3.05) is 33.3 Å². The van der Waals surface area contributed by atoms with Gasteiger partial charge in [-0.25, -0.2) is 0 Å². The Balaban J connectivity index is 1.63. The van der Waals surface area contributed by atoms with Gasteiger partial charge in [0.2, 0.25) is 5.91 Å². The van der Waals surface area contributed by atoms with Crippen LogP contribution in [0.4, 0.5) is 0 Å². The lowest BCUT2D eigenvalue weighted by molar-refractivity contribution is -0.133. The van der Waals surface area contributed by atoms with Gasteiger partial charge in [0, 0.05) is 26.7 Å². The molecular weight excluding hydrogens is 216 g/mol. The fraction of sp³-hybridized carbons (Fsp3) is 0.923. The van der Waals surface area contributed by atoms with Crippen LogP contribution in [0.5, 0.6) is 0 Å². The number of morpholine rings is 1. The Morgan fingerprint density at radius 3 is 2.88 bits per heavy atom. The van der Waals surface area contributed by atoms with Gasteiger partial charge in [-0.15, -0.1) is 0 Å². The van der Waals surface area contributed by atoms with Crippen molar-refractivity contribution in [3.8, 4) is 0 Å². The van der Waals surface area contributed by atoms with Crippen molar-refractivity contribution in [2.45, 2.75) is 38.2 Å². The summed E-state index contributed by atoms with van der Waals surface area (Å²) in [5.74, 6) is 1.09. The maximum absolute atomic E-state index is 11.9. The van der Waals surface area contributed by atoms with Gasteiger partial charge >= 0.3 is 0 Å². The number of nitrogens with zero attached hydrogens (tertiary/aromatic N) is 1. The molecule has 0 aromatic carbocycles. The highest BCUT2D eigenvalue weighted by Crippen LogP contribution is 2.29. The molecule has 2 aliphatic rings. The van der Waals surface area contributed by atoms with Crippen LogP contribution in [0, 0.1) is 5.92 Å². The van der Waals surface area contributed by atoms with E-state index in [0.717, 1.165) is 32.2 Å². The van der Waals surface area contributed by atoms with Gasteiger partial charge in [0.05, 0.1) is 19.1 Å². The highest BCUT2D eigenvalue weighted by Gasteiger charge is 2.21. The van der Waals surface area contributed by atoms with E-state index in [0.29, 0.717) is 6.42 Å². The van der Waals surface area contributed by atoms with Gasteiger partial charge in [-0.2, -0.15) is 0 Å². The molecule has 1 aliphatic carbocycles. The summed E-state index contributed by atoms with van der Waals surface area (Å²) >= 11 is 0. The number of ether oxygens (including phenoxy) is 1. The number of hydrogen-bond acceptors (Lipinski definition) is 3. The van der Waals surface area contributed by atoms with E-state index in [1.54, 1.807) is 0 Å². The van der Waals surface area contributed by atoms with E-state index >= 15 is 0 Å². The molecule has 4 heteroatoms. The lowest BCUT2D eigenvalue weighted by Crippen LogP contribution is -2.42. The van der Waals surface area contributed by atoms with Gasteiger partial charge in [-0.05, 0) is 12.3 Å². The minimum absolute atomic E-state index is 0.0717. The Morgan fingerprint density at radius 1 is 1.47 bits per heavy atom. The average Bonchev–Trinajstić information content (AvgIpc) is 2.28. The molecule has 0 aromatic heterocycles. The van der Waals surface area contributed by atoms with Crippen LogP contribution in [-0.4, -0.2) is 50.2 Å². The molecule has 2 rings (SSSR count). The normalized spacial score (nSPS) is 25.4. The first-order valence-corrected chi connectivity index (χ1v) is 6.82. The Morgan fingerprint density at radius 2 is 2.29 bits per heavy atom. The van der Waals surface area contributed by atoms with Crippen molar-refractivity contribution in [3.05, 3.63) is 0 Å². The second kappa shape index (κ2) is 6.36. The molecule has 1 N–H and O–H groups in total. The van der Waals surface area contributed by atoms with Crippen molar-refractivity contribution < 1.29 is 9.53 Å². The average molecular weight is 240 g/mol. The fourth-order valence-electron chi connectivity index (χ4n) is 2.38. The Bertz CT molecular complexity index is 248. The van der Waals surface area contributed by atoms with Crippen molar-refractivity contribution in [3.63, 3.8) is 0 Å². The van der Waals surface area contributed by atoms with E-state index in [2.05, 4.69) is 5.32 Å². The third-order valence-corrected chi connectivity index (χ3v) is 3.93. The molecule has 2 fully saturated rings. The smallest absolute Gasteiger partial charge is 0.224 e. The minimum Gasteiger partial charge on any atom is -0.375 e. The molecule has 98 valence electrons. The van der Waals surface area contributed by atoms with E-state index in [4.69, 9.17) is 4.74 Å². The molecule has 0 bridgehead atoms. The first-order valence-electron chi connectivity index (χ1n) is 6.82. The van der Waals surface area contributed by atoms with E-state index in [1.807, 2.05) is 11.9 Å². The molecule has 1 saturated carbocycles. The summed E-state index contributed by atoms with van der Waals surface area (Å²) in [7, 11) is 1.91. The van der Waals surface area contributed by atoms with Crippen LogP contribution in [0.25, 0.3) is 0 Å². The van der Waals surface area contributed by atoms with E-state index in [-0.39, 0.29) is 12.0 Å². The highest BCUT2D eigenvalue weighted by molar-refractivity contribution is 5.76. The van der Waals surface area contributed by atoms with Crippen LogP contribution in [0.3, 0.4) is 0 Å². The number of rotatable bonds is 5. The van der Waals surface area contributed by atoms with Crippen LogP contribution >= 0.6 is 0 Å².